The summed E-state index contributed by atoms with van der Waals surface area (Å²) in [6.45, 7) is 7.79. The molecule has 1 fully saturated rings. The van der Waals surface area contributed by atoms with Crippen LogP contribution in [-0.2, 0) is 6.54 Å². The quantitative estimate of drug-likeness (QED) is 0.858. The second-order valence-electron chi connectivity index (χ2n) is 5.11. The van der Waals surface area contributed by atoms with Crippen molar-refractivity contribution in [1.29, 1.82) is 0 Å². The molecule has 0 amide bonds. The Morgan fingerprint density at radius 2 is 1.71 bits per heavy atom. The molecule has 1 saturated heterocycles. The molecule has 0 saturated carbocycles. The Bertz CT molecular complexity index is 337. The van der Waals surface area contributed by atoms with Gasteiger partial charge in [-0.1, -0.05) is 24.3 Å². The predicted molar refractivity (Wildman–Crippen MR) is 71.8 cm³/mol. The van der Waals surface area contributed by atoms with Gasteiger partial charge >= 0.3 is 0 Å². The van der Waals surface area contributed by atoms with Crippen LogP contribution in [0, 0.1) is 0 Å². The molecular formula is C14H23N3. The third kappa shape index (κ3) is 3.53. The summed E-state index contributed by atoms with van der Waals surface area (Å²) < 4.78 is 0. The van der Waals surface area contributed by atoms with Gasteiger partial charge in [-0.05, 0) is 25.1 Å². The van der Waals surface area contributed by atoms with E-state index < -0.39 is 0 Å². The normalized spacial score (nSPS) is 20.4. The molecule has 1 aliphatic heterocycles. The number of hydrogen-bond donors (Lipinski definition) is 1. The Morgan fingerprint density at radius 1 is 1.12 bits per heavy atom. The molecule has 17 heavy (non-hydrogen) atoms. The van der Waals surface area contributed by atoms with Gasteiger partial charge in [-0.25, -0.2) is 0 Å². The number of likely N-dealkylation sites (N-methyl/N-ethyl adjacent to an activating group) is 1. The standard InChI is InChI=1S/C14H23N3/c1-12(15)14-5-3-13(4-6-14)11-17-9-7-16(2)8-10-17/h3-6,12H,7-11,15H2,1-2H3. The monoisotopic (exact) mass is 233 g/mol. The maximum Gasteiger partial charge on any atom is 0.0266 e. The van der Waals surface area contributed by atoms with E-state index in [4.69, 9.17) is 5.73 Å². The average molecular weight is 233 g/mol. The molecule has 94 valence electrons. The van der Waals surface area contributed by atoms with E-state index in [1.54, 1.807) is 0 Å². The van der Waals surface area contributed by atoms with Crippen molar-refractivity contribution in [3.8, 4) is 0 Å². The van der Waals surface area contributed by atoms with E-state index in [1.807, 2.05) is 6.92 Å². The second kappa shape index (κ2) is 5.63. The van der Waals surface area contributed by atoms with Crippen molar-refractivity contribution in [2.75, 3.05) is 33.2 Å². The molecule has 1 aliphatic rings. The molecule has 3 heteroatoms. The lowest BCUT2D eigenvalue weighted by Gasteiger charge is -2.32. The largest absolute Gasteiger partial charge is 0.324 e. The smallest absolute Gasteiger partial charge is 0.0266 e. The van der Waals surface area contributed by atoms with Gasteiger partial charge in [0.1, 0.15) is 0 Å². The van der Waals surface area contributed by atoms with Gasteiger partial charge in [0.15, 0.2) is 0 Å². The fourth-order valence-corrected chi connectivity index (χ4v) is 2.19. The number of nitrogens with zero attached hydrogens (tertiary/aromatic N) is 2. The minimum Gasteiger partial charge on any atom is -0.324 e. The molecular weight excluding hydrogens is 210 g/mol. The van der Waals surface area contributed by atoms with E-state index in [2.05, 4.69) is 41.1 Å². The zero-order chi connectivity index (χ0) is 12.3. The minimum atomic E-state index is 0.132. The highest BCUT2D eigenvalue weighted by Crippen LogP contribution is 2.13. The lowest BCUT2D eigenvalue weighted by molar-refractivity contribution is 0.148. The van der Waals surface area contributed by atoms with Gasteiger partial charge in [-0.2, -0.15) is 0 Å². The third-order valence-electron chi connectivity index (χ3n) is 3.51. The molecule has 0 spiro atoms. The third-order valence-corrected chi connectivity index (χ3v) is 3.51. The first kappa shape index (κ1) is 12.6. The Kier molecular flexibility index (Phi) is 4.15. The summed E-state index contributed by atoms with van der Waals surface area (Å²) in [6.07, 6.45) is 0. The Balaban J connectivity index is 1.90. The van der Waals surface area contributed by atoms with Crippen LogP contribution in [0.1, 0.15) is 24.1 Å². The van der Waals surface area contributed by atoms with Crippen LogP contribution in [0.15, 0.2) is 24.3 Å². The highest BCUT2D eigenvalue weighted by molar-refractivity contribution is 5.24. The van der Waals surface area contributed by atoms with E-state index >= 15 is 0 Å². The van der Waals surface area contributed by atoms with Gasteiger partial charge in [0.2, 0.25) is 0 Å². The summed E-state index contributed by atoms with van der Waals surface area (Å²) in [5.41, 5.74) is 8.45. The number of piperazine rings is 1. The van der Waals surface area contributed by atoms with E-state index in [9.17, 15) is 0 Å². The minimum absolute atomic E-state index is 0.132. The maximum absolute atomic E-state index is 5.85. The van der Waals surface area contributed by atoms with Crippen LogP contribution >= 0.6 is 0 Å². The molecule has 2 N–H and O–H groups in total. The van der Waals surface area contributed by atoms with Gasteiger partial charge in [0.05, 0.1) is 0 Å². The average Bonchev–Trinajstić information content (AvgIpc) is 2.33. The zero-order valence-electron chi connectivity index (χ0n) is 10.9. The molecule has 1 aromatic carbocycles. The van der Waals surface area contributed by atoms with E-state index in [0.29, 0.717) is 0 Å². The summed E-state index contributed by atoms with van der Waals surface area (Å²) in [4.78, 5) is 4.90. The van der Waals surface area contributed by atoms with Crippen LogP contribution in [0.5, 0.6) is 0 Å². The topological polar surface area (TPSA) is 32.5 Å². The molecule has 1 heterocycles. The first-order chi connectivity index (χ1) is 8.15. The molecule has 0 radical (unpaired) electrons. The first-order valence-electron chi connectivity index (χ1n) is 6.40. The van der Waals surface area contributed by atoms with Crippen LogP contribution in [0.4, 0.5) is 0 Å². The maximum atomic E-state index is 5.85. The van der Waals surface area contributed by atoms with Crippen LogP contribution in [0.25, 0.3) is 0 Å². The highest BCUT2D eigenvalue weighted by Gasteiger charge is 2.13. The Morgan fingerprint density at radius 3 is 2.24 bits per heavy atom. The summed E-state index contributed by atoms with van der Waals surface area (Å²) >= 11 is 0. The van der Waals surface area contributed by atoms with E-state index in [-0.39, 0.29) is 6.04 Å². The molecule has 0 bridgehead atoms. The van der Waals surface area contributed by atoms with Gasteiger partial charge in [0.25, 0.3) is 0 Å². The summed E-state index contributed by atoms with van der Waals surface area (Å²) in [7, 11) is 2.19. The van der Waals surface area contributed by atoms with Crippen LogP contribution in [0.2, 0.25) is 0 Å². The molecule has 0 aromatic heterocycles. The summed E-state index contributed by atoms with van der Waals surface area (Å²) in [5.74, 6) is 0. The summed E-state index contributed by atoms with van der Waals surface area (Å²) in [6, 6.07) is 8.84. The fourth-order valence-electron chi connectivity index (χ4n) is 2.19. The first-order valence-corrected chi connectivity index (χ1v) is 6.40. The predicted octanol–water partition coefficient (Wildman–Crippen LogP) is 1.45. The highest BCUT2D eigenvalue weighted by atomic mass is 15.2. The molecule has 3 nitrogen and oxygen atoms in total. The number of nitrogens with two attached hydrogens (primary N) is 1. The van der Waals surface area contributed by atoms with Gasteiger partial charge < -0.3 is 10.6 Å². The van der Waals surface area contributed by atoms with E-state index in [1.165, 1.54) is 37.3 Å². The second-order valence-corrected chi connectivity index (χ2v) is 5.11. The van der Waals surface area contributed by atoms with E-state index in [0.717, 1.165) is 6.54 Å². The number of rotatable bonds is 3. The molecule has 1 atom stereocenters. The van der Waals surface area contributed by atoms with Crippen molar-refractivity contribution in [2.45, 2.75) is 19.5 Å². The van der Waals surface area contributed by atoms with Crippen molar-refractivity contribution in [3.63, 3.8) is 0 Å². The van der Waals surface area contributed by atoms with Gasteiger partial charge in [-0.15, -0.1) is 0 Å². The lowest BCUT2D eigenvalue weighted by Crippen LogP contribution is -2.43. The van der Waals surface area contributed by atoms with Crippen LogP contribution in [0.3, 0.4) is 0 Å². The number of hydrogen-bond acceptors (Lipinski definition) is 3. The Labute approximate surface area is 104 Å². The fraction of sp³-hybridized carbons (Fsp3) is 0.571. The van der Waals surface area contributed by atoms with Crippen molar-refractivity contribution in [2.24, 2.45) is 5.73 Å². The molecule has 1 unspecified atom stereocenters. The van der Waals surface area contributed by atoms with Crippen molar-refractivity contribution >= 4 is 0 Å². The van der Waals surface area contributed by atoms with Gasteiger partial charge in [-0.3, -0.25) is 4.90 Å². The van der Waals surface area contributed by atoms with Crippen molar-refractivity contribution < 1.29 is 0 Å². The molecule has 0 aliphatic carbocycles. The van der Waals surface area contributed by atoms with Crippen LogP contribution in [-0.4, -0.2) is 43.0 Å². The zero-order valence-corrected chi connectivity index (χ0v) is 10.9. The Hall–Kier alpha value is -0.900. The summed E-state index contributed by atoms with van der Waals surface area (Å²) in [5, 5.41) is 0. The van der Waals surface area contributed by atoms with Crippen molar-refractivity contribution in [3.05, 3.63) is 35.4 Å². The van der Waals surface area contributed by atoms with Crippen molar-refractivity contribution in [1.82, 2.24) is 9.80 Å². The lowest BCUT2D eigenvalue weighted by atomic mass is 10.1. The van der Waals surface area contributed by atoms with Gasteiger partial charge in [0, 0.05) is 38.8 Å². The van der Waals surface area contributed by atoms with Crippen LogP contribution < -0.4 is 5.73 Å². The SMILES string of the molecule is CC(N)c1ccc(CN2CCN(C)CC2)cc1. The molecule has 1 aromatic rings. The number of benzene rings is 1. The molecule has 2 rings (SSSR count).